The Morgan fingerprint density at radius 1 is 0.241 bits per heavy atom. The standard InChI is InChI=1S/C73H140O6/c1-4-7-10-13-16-18-20-22-24-26-28-30-31-32-33-34-35-36-37-38-39-40-41-43-44-46-48-50-52-54-57-60-63-66-72(75)78-69-70(68-77-71(74)65-62-59-56-15-12-9-6-3)79-73(76)67-64-61-58-55-53-51-49-47-45-42-29-27-25-23-21-19-17-14-11-8-5-2/h27,29,70H,4-26,28,30-69H2,1-3H3/b29-27-. The van der Waals surface area contributed by atoms with Crippen molar-refractivity contribution >= 4 is 17.9 Å². The fraction of sp³-hybridized carbons (Fsp3) is 0.932. The zero-order chi connectivity index (χ0) is 57.1. The zero-order valence-corrected chi connectivity index (χ0v) is 53.9. The van der Waals surface area contributed by atoms with Crippen LogP contribution in [0.1, 0.15) is 419 Å². The van der Waals surface area contributed by atoms with Gasteiger partial charge in [-0.3, -0.25) is 14.4 Å². The molecule has 0 spiro atoms. The summed E-state index contributed by atoms with van der Waals surface area (Å²) in [5.41, 5.74) is 0. The van der Waals surface area contributed by atoms with Crippen LogP contribution in [0.3, 0.4) is 0 Å². The van der Waals surface area contributed by atoms with Gasteiger partial charge in [-0.05, 0) is 44.9 Å². The quantitative estimate of drug-likeness (QED) is 0.0261. The zero-order valence-electron chi connectivity index (χ0n) is 53.9. The lowest BCUT2D eigenvalue weighted by atomic mass is 10.0. The first-order valence-corrected chi connectivity index (χ1v) is 36.2. The van der Waals surface area contributed by atoms with Crippen LogP contribution < -0.4 is 0 Å². The van der Waals surface area contributed by atoms with Crippen molar-refractivity contribution in [2.75, 3.05) is 13.2 Å². The Morgan fingerprint density at radius 3 is 0.633 bits per heavy atom. The Labute approximate surface area is 494 Å². The van der Waals surface area contributed by atoms with E-state index in [1.54, 1.807) is 0 Å². The number of unbranched alkanes of at least 4 members (excludes halogenated alkanes) is 55. The molecule has 0 aromatic rings. The van der Waals surface area contributed by atoms with Crippen molar-refractivity contribution in [2.24, 2.45) is 0 Å². The fourth-order valence-electron chi connectivity index (χ4n) is 11.3. The Bertz CT molecular complexity index is 1230. The first kappa shape index (κ1) is 77.2. The van der Waals surface area contributed by atoms with Crippen molar-refractivity contribution < 1.29 is 28.6 Å². The predicted molar refractivity (Wildman–Crippen MR) is 344 cm³/mol. The van der Waals surface area contributed by atoms with E-state index >= 15 is 0 Å². The number of allylic oxidation sites excluding steroid dienone is 2. The molecule has 0 radical (unpaired) electrons. The third-order valence-corrected chi connectivity index (χ3v) is 16.8. The Kier molecular flexibility index (Phi) is 67.0. The number of carbonyl (C=O) groups excluding carboxylic acids is 3. The van der Waals surface area contributed by atoms with Crippen molar-refractivity contribution in [2.45, 2.75) is 425 Å². The average molecular weight is 1110 g/mol. The second kappa shape index (κ2) is 68.6. The lowest BCUT2D eigenvalue weighted by molar-refractivity contribution is -0.167. The molecule has 0 saturated carbocycles. The minimum absolute atomic E-state index is 0.0650. The van der Waals surface area contributed by atoms with Gasteiger partial charge in [0, 0.05) is 19.3 Å². The molecule has 0 heterocycles. The van der Waals surface area contributed by atoms with E-state index in [-0.39, 0.29) is 31.1 Å². The maximum Gasteiger partial charge on any atom is 0.306 e. The maximum atomic E-state index is 12.9. The Hall–Kier alpha value is -1.85. The SMILES string of the molecule is CCCCCCCCCC/C=C\CCCCCCCCCCCC(=O)OC(COC(=O)CCCCCCCCC)COC(=O)CCCCCCCCCCCCCCCCCCCCCCCCCCCCCCCCCCC. The molecule has 0 aromatic carbocycles. The monoisotopic (exact) mass is 1110 g/mol. The van der Waals surface area contributed by atoms with Gasteiger partial charge in [0.05, 0.1) is 0 Å². The Morgan fingerprint density at radius 2 is 0.418 bits per heavy atom. The third kappa shape index (κ3) is 66.8. The summed E-state index contributed by atoms with van der Waals surface area (Å²) in [7, 11) is 0. The van der Waals surface area contributed by atoms with Crippen molar-refractivity contribution in [1.29, 1.82) is 0 Å². The van der Waals surface area contributed by atoms with Crippen LogP contribution in [0.5, 0.6) is 0 Å². The average Bonchev–Trinajstić information content (AvgIpc) is 3.45. The van der Waals surface area contributed by atoms with Crippen LogP contribution in [0, 0.1) is 0 Å². The van der Waals surface area contributed by atoms with Gasteiger partial charge >= 0.3 is 17.9 Å². The molecule has 0 aliphatic carbocycles. The van der Waals surface area contributed by atoms with Gasteiger partial charge in [-0.1, -0.05) is 367 Å². The summed E-state index contributed by atoms with van der Waals surface area (Å²) in [5.74, 6) is -0.844. The molecule has 468 valence electrons. The van der Waals surface area contributed by atoms with E-state index in [1.807, 2.05) is 0 Å². The summed E-state index contributed by atoms with van der Waals surface area (Å²) >= 11 is 0. The molecule has 0 aromatic heterocycles. The first-order chi connectivity index (χ1) is 39.0. The van der Waals surface area contributed by atoms with E-state index < -0.39 is 6.10 Å². The summed E-state index contributed by atoms with van der Waals surface area (Å²) in [4.78, 5) is 38.2. The van der Waals surface area contributed by atoms with Crippen LogP contribution in [0.15, 0.2) is 12.2 Å². The molecule has 0 N–H and O–H groups in total. The van der Waals surface area contributed by atoms with Crippen LogP contribution in [-0.2, 0) is 28.6 Å². The molecule has 0 aliphatic rings. The number of hydrogen-bond donors (Lipinski definition) is 0. The largest absolute Gasteiger partial charge is 0.462 e. The van der Waals surface area contributed by atoms with Gasteiger partial charge in [0.1, 0.15) is 13.2 Å². The van der Waals surface area contributed by atoms with E-state index in [0.29, 0.717) is 19.3 Å². The highest BCUT2D eigenvalue weighted by Crippen LogP contribution is 2.19. The number of carbonyl (C=O) groups is 3. The molecule has 1 atom stereocenters. The minimum Gasteiger partial charge on any atom is -0.462 e. The highest BCUT2D eigenvalue weighted by atomic mass is 16.6. The van der Waals surface area contributed by atoms with Crippen LogP contribution in [0.4, 0.5) is 0 Å². The van der Waals surface area contributed by atoms with Crippen molar-refractivity contribution in [1.82, 2.24) is 0 Å². The van der Waals surface area contributed by atoms with Crippen molar-refractivity contribution in [3.8, 4) is 0 Å². The summed E-state index contributed by atoms with van der Waals surface area (Å²) in [6, 6.07) is 0. The highest BCUT2D eigenvalue weighted by Gasteiger charge is 2.19. The smallest absolute Gasteiger partial charge is 0.306 e. The fourth-order valence-corrected chi connectivity index (χ4v) is 11.3. The minimum atomic E-state index is -0.766. The highest BCUT2D eigenvalue weighted by molar-refractivity contribution is 5.71. The third-order valence-electron chi connectivity index (χ3n) is 16.8. The van der Waals surface area contributed by atoms with E-state index in [1.165, 1.54) is 321 Å². The molecule has 6 heteroatoms. The molecule has 6 nitrogen and oxygen atoms in total. The van der Waals surface area contributed by atoms with Gasteiger partial charge in [0.2, 0.25) is 0 Å². The topological polar surface area (TPSA) is 78.9 Å². The molecule has 0 aliphatic heterocycles. The second-order valence-electron chi connectivity index (χ2n) is 24.9. The maximum absolute atomic E-state index is 12.9. The first-order valence-electron chi connectivity index (χ1n) is 36.2. The molecule has 79 heavy (non-hydrogen) atoms. The van der Waals surface area contributed by atoms with Gasteiger partial charge in [0.25, 0.3) is 0 Å². The molecule has 0 fully saturated rings. The molecule has 1 unspecified atom stereocenters. The van der Waals surface area contributed by atoms with Gasteiger partial charge in [-0.2, -0.15) is 0 Å². The van der Waals surface area contributed by atoms with Gasteiger partial charge in [0.15, 0.2) is 6.10 Å². The van der Waals surface area contributed by atoms with Crippen LogP contribution >= 0.6 is 0 Å². The van der Waals surface area contributed by atoms with Crippen LogP contribution in [0.2, 0.25) is 0 Å². The summed E-state index contributed by atoms with van der Waals surface area (Å²) < 4.78 is 16.9. The lowest BCUT2D eigenvalue weighted by Crippen LogP contribution is -2.30. The second-order valence-corrected chi connectivity index (χ2v) is 24.9. The van der Waals surface area contributed by atoms with Gasteiger partial charge in [-0.15, -0.1) is 0 Å². The normalized spacial score (nSPS) is 12.0. The van der Waals surface area contributed by atoms with E-state index in [9.17, 15) is 14.4 Å². The van der Waals surface area contributed by atoms with Crippen molar-refractivity contribution in [3.05, 3.63) is 12.2 Å². The summed E-state index contributed by atoms with van der Waals surface area (Å²) in [6.45, 7) is 6.68. The van der Waals surface area contributed by atoms with Crippen LogP contribution in [-0.4, -0.2) is 37.2 Å². The number of esters is 3. The predicted octanol–water partition coefficient (Wildman–Crippen LogP) is 24.8. The number of ether oxygens (including phenoxy) is 3. The number of hydrogen-bond acceptors (Lipinski definition) is 6. The molecule has 0 rings (SSSR count). The van der Waals surface area contributed by atoms with Crippen LogP contribution in [0.25, 0.3) is 0 Å². The summed E-state index contributed by atoms with van der Waals surface area (Å²) in [5, 5.41) is 0. The molecule has 0 saturated heterocycles. The van der Waals surface area contributed by atoms with Crippen molar-refractivity contribution in [3.63, 3.8) is 0 Å². The van der Waals surface area contributed by atoms with E-state index in [2.05, 4.69) is 32.9 Å². The Balaban J connectivity index is 3.94. The molecule has 0 bridgehead atoms. The lowest BCUT2D eigenvalue weighted by Gasteiger charge is -2.18. The van der Waals surface area contributed by atoms with E-state index in [0.717, 1.165) is 57.8 Å². The molecular weight excluding hydrogens is 973 g/mol. The number of rotatable bonds is 68. The van der Waals surface area contributed by atoms with Gasteiger partial charge in [-0.25, -0.2) is 0 Å². The molecular formula is C73H140O6. The summed E-state index contributed by atoms with van der Waals surface area (Å²) in [6.07, 6.45) is 83.0. The van der Waals surface area contributed by atoms with Gasteiger partial charge < -0.3 is 14.2 Å². The van der Waals surface area contributed by atoms with E-state index in [4.69, 9.17) is 14.2 Å². The molecule has 0 amide bonds.